The van der Waals surface area contributed by atoms with E-state index >= 15 is 0 Å². The molecule has 0 spiro atoms. The molecule has 0 radical (unpaired) electrons. The number of fused-ring (bicyclic) bond motifs is 18. The molecule has 0 aliphatic heterocycles. The SMILES string of the molecule is C.C.C.CC1(C)c2ccccc2-c2ccc(-c3ccc4nc(-c5ccc6c(c5)C(C)(C)c5ccccc5-6)ccc4n3)cc21.CC1(C)c2ccccc2-c2ccc(-c3ccc4ncccc4n3)cc21.CC1(C)c2ccccc2-c2ccc(I)cc21.CC1(C)c2ccccc2-c2ccc(I)cc21.ClC(Cl)Cl.ClC(Cl)Cl.[CH2-]CCC.[CH2-]CCC.[Li+].[Li+].[O]=[Mn]=[O].[O]=[Mn]=[O].c1cnc2cccnc2c1. The standard InChI is InChI=1S/C38H30N2.C23H18N2.2C15H13I.C8H6N2.2C4H9.2CHCl3.3CH4.2Li.2Mn.4O/c1-37(2)29-11-7-5-9-25(29)27-15-13-23(21-31(27)37)33-17-19-36-35(39-33)20-18-34(40-36)24-14-16-28-26-10-6-8-12-30(26)38(3,4)32(28)22-24;1-23(2)18-7-4-3-6-16(18)17-10-9-15(14-19(17)23)20-11-12-21-22(25-20)8-5-13-24-21;2*1-15(2)13-6-4-3-5-11(13)12-8-7-10(16)9-14(12)15;1-3-7-8(9-5-1)4-2-6-10-7;2*1-3-4-2;2*2-1(3)4;;;;;;;;;;;/h5-22H,1-4H3;3-14H,1-2H3;2*3-9H,1-2H3;1-6H;2*1,3-4H2,2H3;2*1H;3*1H4;;;;;;;;/q;;;;;2*-1;;;;;;2*+1;;;;;;. The van der Waals surface area contributed by atoms with Crippen molar-refractivity contribution in [2.75, 3.05) is 0 Å². The van der Waals surface area contributed by atoms with Crippen LogP contribution in [0.4, 0.5) is 0 Å². The minimum atomic E-state index is -1.44. The van der Waals surface area contributed by atoms with Crippen LogP contribution in [0.1, 0.15) is 187 Å². The predicted octanol–water partition coefficient (Wildman–Crippen LogP) is 28.7. The summed E-state index contributed by atoms with van der Waals surface area (Å²) in [4.78, 5) is 27.5. The van der Waals surface area contributed by atoms with E-state index in [1.165, 1.54) is 131 Å². The van der Waals surface area contributed by atoms with E-state index < -0.39 is 38.2 Å². The monoisotopic (exact) mass is 2190 g/mol. The molecule has 0 bridgehead atoms. The molecule has 5 aliphatic rings. The average molecular weight is 2200 g/mol. The zero-order valence-corrected chi connectivity index (χ0v) is 87.1. The van der Waals surface area contributed by atoms with Crippen molar-refractivity contribution in [3.63, 3.8) is 0 Å². The second-order valence-electron chi connectivity index (χ2n) is 33.6. The molecule has 22 heteroatoms. The van der Waals surface area contributed by atoms with Crippen molar-refractivity contribution < 1.29 is 82.7 Å². The van der Waals surface area contributed by atoms with E-state index in [1.807, 2.05) is 42.5 Å². The van der Waals surface area contributed by atoms with Crippen molar-refractivity contribution in [3.8, 4) is 89.4 Å². The molecule has 0 fully saturated rings. The van der Waals surface area contributed by atoms with Crippen LogP contribution >= 0.6 is 115 Å². The summed E-state index contributed by atoms with van der Waals surface area (Å²) in [6.07, 6.45) is 9.90. The third-order valence-corrected chi connectivity index (χ3v) is 25.1. The molecule has 5 aliphatic carbocycles. The number of rotatable bonds is 5. The Kier molecular flexibility index (Phi) is 45.2. The molecule has 16 aromatic rings. The van der Waals surface area contributed by atoms with Crippen LogP contribution in [0.5, 0.6) is 0 Å². The maximum Gasteiger partial charge on any atom is 0.0886 e. The molecule has 0 amide bonds. The summed E-state index contributed by atoms with van der Waals surface area (Å²) in [7, 11) is 0. The van der Waals surface area contributed by atoms with E-state index in [1.54, 1.807) is 18.6 Å². The Labute approximate surface area is 887 Å². The molecule has 0 unspecified atom stereocenters. The fourth-order valence-corrected chi connectivity index (χ4v) is 18.3. The van der Waals surface area contributed by atoms with E-state index in [0.717, 1.165) is 79.7 Å². The second kappa shape index (κ2) is 52.5. The van der Waals surface area contributed by atoms with Crippen molar-refractivity contribution in [2.45, 2.75) is 167 Å². The van der Waals surface area contributed by atoms with Crippen molar-refractivity contribution in [1.29, 1.82) is 0 Å². The largest absolute Gasteiger partial charge is 0.255 e. The van der Waals surface area contributed by atoms with Gasteiger partial charge in [-0.25, -0.2) is 15.0 Å². The van der Waals surface area contributed by atoms with Crippen molar-refractivity contribution in [1.82, 2.24) is 29.9 Å². The Morgan fingerprint density at radius 3 is 0.701 bits per heavy atom. The number of aromatic nitrogens is 6. The maximum absolute atomic E-state index is 8.41. The summed E-state index contributed by atoms with van der Waals surface area (Å²) in [6.45, 7) is 34.6. The zero-order chi connectivity index (χ0) is 93.1. The molecule has 10 nitrogen and oxygen atoms in total. The van der Waals surface area contributed by atoms with Crippen LogP contribution in [-0.4, -0.2) is 38.5 Å². The molecular formula is C112H112Cl6I2Li2Mn2N6O4. The first-order valence-corrected chi connectivity index (χ1v) is 48.9. The number of hydrogen-bond acceptors (Lipinski definition) is 10. The molecule has 6 aromatic heterocycles. The second-order valence-corrected chi connectivity index (χ2v) is 40.4. The number of halogens is 8. The van der Waals surface area contributed by atoms with Crippen LogP contribution in [0.15, 0.2) is 304 Å². The Morgan fingerprint density at radius 2 is 0.463 bits per heavy atom. The summed E-state index contributed by atoms with van der Waals surface area (Å²) in [5.74, 6) is 0. The van der Waals surface area contributed by atoms with Gasteiger partial charge in [-0.05, 0) is 272 Å². The molecule has 6 heterocycles. The third-order valence-electron chi connectivity index (χ3n) is 23.8. The number of nitrogens with zero attached hydrogens (tertiary/aromatic N) is 6. The molecule has 0 N–H and O–H groups in total. The number of pyridine rings is 6. The predicted molar refractivity (Wildman–Crippen MR) is 567 cm³/mol. The minimum absolute atomic E-state index is 0. The summed E-state index contributed by atoms with van der Waals surface area (Å²) in [5.41, 5.74) is 40.0. The minimum Gasteiger partial charge on any atom is -0.255 e. The van der Waals surface area contributed by atoms with Gasteiger partial charge in [0.2, 0.25) is 0 Å². The molecule has 21 rings (SSSR count). The van der Waals surface area contributed by atoms with Gasteiger partial charge in [-0.3, -0.25) is 15.0 Å². The Bertz CT molecular complexity index is 6400. The van der Waals surface area contributed by atoms with E-state index in [9.17, 15) is 0 Å². The van der Waals surface area contributed by atoms with Crippen molar-refractivity contribution in [2.24, 2.45) is 0 Å². The fraction of sp³-hybridized carbons (Fsp3) is 0.232. The van der Waals surface area contributed by atoms with Gasteiger partial charge in [0.15, 0.2) is 8.59 Å². The smallest absolute Gasteiger partial charge is 0.0886 e. The molecular weight excluding hydrogens is 2080 g/mol. The van der Waals surface area contributed by atoms with Gasteiger partial charge >= 0.3 is 82.7 Å². The summed E-state index contributed by atoms with van der Waals surface area (Å²) in [5, 5.41) is 0. The quantitative estimate of drug-likeness (QED) is 0.0706. The first-order chi connectivity index (χ1) is 61.8. The first kappa shape index (κ1) is 115. The normalized spacial score (nSPS) is 12.9. The number of benzene rings is 10. The zero-order valence-electron chi connectivity index (χ0n) is 75.9. The Hall–Kier alpha value is -7.49. The van der Waals surface area contributed by atoms with E-state index in [4.69, 9.17) is 99.9 Å². The third kappa shape index (κ3) is 26.7. The maximum atomic E-state index is 8.41. The van der Waals surface area contributed by atoms with Crippen LogP contribution in [0.25, 0.3) is 123 Å². The van der Waals surface area contributed by atoms with Crippen molar-refractivity contribution in [3.05, 3.63) is 380 Å². The van der Waals surface area contributed by atoms with E-state index in [0.29, 0.717) is 0 Å². The van der Waals surface area contributed by atoms with Gasteiger partial charge in [-0.2, -0.15) is 12.8 Å². The number of hydrogen-bond donors (Lipinski definition) is 0. The topological polar surface area (TPSA) is 146 Å². The van der Waals surface area contributed by atoms with Gasteiger partial charge in [-0.1, -0.05) is 358 Å². The van der Waals surface area contributed by atoms with Gasteiger partial charge in [0.1, 0.15) is 0 Å². The van der Waals surface area contributed by atoms with Crippen LogP contribution < -0.4 is 37.7 Å². The van der Waals surface area contributed by atoms with Crippen LogP contribution in [0.2, 0.25) is 0 Å². The van der Waals surface area contributed by atoms with Gasteiger partial charge in [0, 0.05) is 69.5 Å². The van der Waals surface area contributed by atoms with Crippen LogP contribution in [-0.2, 0) is 72.1 Å². The summed E-state index contributed by atoms with van der Waals surface area (Å²) in [6, 6.07) is 102. The summed E-state index contributed by atoms with van der Waals surface area (Å²) < 4.78 is 34.8. The Balaban J connectivity index is 0.000000255. The first-order valence-electron chi connectivity index (χ1n) is 42.2. The van der Waals surface area contributed by atoms with Gasteiger partial charge in [0.05, 0.1) is 50.2 Å². The molecule has 686 valence electrons. The molecule has 10 aromatic carbocycles. The molecule has 0 atom stereocenters. The van der Waals surface area contributed by atoms with E-state index in [-0.39, 0.29) is 87.1 Å². The van der Waals surface area contributed by atoms with Gasteiger partial charge in [0.25, 0.3) is 0 Å². The van der Waals surface area contributed by atoms with E-state index in [2.05, 4.69) is 400 Å². The fourth-order valence-electron chi connectivity index (χ4n) is 17.3. The van der Waals surface area contributed by atoms with Crippen molar-refractivity contribution >= 4 is 148 Å². The van der Waals surface area contributed by atoms with Crippen LogP contribution in [0.3, 0.4) is 0 Å². The molecule has 0 saturated heterocycles. The number of alkyl halides is 6. The van der Waals surface area contributed by atoms with Crippen LogP contribution in [0, 0.1) is 21.0 Å². The summed E-state index contributed by atoms with van der Waals surface area (Å²) >= 11 is 30.7. The number of unbranched alkanes of at least 4 members (excludes halogenated alkanes) is 2. The Morgan fingerprint density at radius 1 is 0.276 bits per heavy atom. The average Bonchev–Trinajstić information content (AvgIpc) is 1.59. The molecule has 0 saturated carbocycles. The van der Waals surface area contributed by atoms with Gasteiger partial charge < -0.3 is 13.8 Å². The van der Waals surface area contributed by atoms with Gasteiger partial charge in [-0.15, -0.1) is 0 Å². The molecule has 134 heavy (non-hydrogen) atoms.